The molecule has 2 aromatic rings. The molecule has 5 heteroatoms. The fourth-order valence-corrected chi connectivity index (χ4v) is 2.24. The number of carbonyl (C=O) groups excluding carboxylic acids is 1. The molecular formula is C13H13ClN2O2. The van der Waals surface area contributed by atoms with Crippen molar-refractivity contribution in [2.24, 2.45) is 0 Å². The maximum absolute atomic E-state index is 11.9. The molecule has 0 saturated heterocycles. The van der Waals surface area contributed by atoms with Crippen LogP contribution >= 0.6 is 11.6 Å². The third-order valence-electron chi connectivity index (χ3n) is 2.86. The summed E-state index contributed by atoms with van der Waals surface area (Å²) in [6.45, 7) is 5.85. The third kappa shape index (κ3) is 2.04. The number of fused-ring (bicyclic) bond motifs is 1. The van der Waals surface area contributed by atoms with Gasteiger partial charge in [-0.05, 0) is 38.0 Å². The lowest BCUT2D eigenvalue weighted by Crippen LogP contribution is -2.09. The highest BCUT2D eigenvalue weighted by atomic mass is 35.5. The molecule has 0 saturated carbocycles. The van der Waals surface area contributed by atoms with Crippen LogP contribution in [0.1, 0.15) is 28.4 Å². The van der Waals surface area contributed by atoms with Crippen molar-refractivity contribution in [1.82, 2.24) is 10.2 Å². The summed E-state index contributed by atoms with van der Waals surface area (Å²) in [5.41, 5.74) is 2.22. The van der Waals surface area contributed by atoms with E-state index in [2.05, 4.69) is 10.2 Å². The maximum Gasteiger partial charge on any atom is 0.338 e. The molecule has 0 aliphatic heterocycles. The molecular weight excluding hydrogens is 252 g/mol. The van der Waals surface area contributed by atoms with E-state index in [4.69, 9.17) is 16.3 Å². The molecule has 18 heavy (non-hydrogen) atoms. The molecule has 1 heterocycles. The quantitative estimate of drug-likeness (QED) is 0.782. The molecule has 0 amide bonds. The van der Waals surface area contributed by atoms with Crippen LogP contribution in [0.3, 0.4) is 0 Å². The van der Waals surface area contributed by atoms with Crippen molar-refractivity contribution in [3.8, 4) is 0 Å². The van der Waals surface area contributed by atoms with Crippen LogP contribution in [-0.4, -0.2) is 22.8 Å². The summed E-state index contributed by atoms with van der Waals surface area (Å²) < 4.78 is 5.06. The van der Waals surface area contributed by atoms with Crippen molar-refractivity contribution in [3.63, 3.8) is 0 Å². The number of hydrogen-bond acceptors (Lipinski definition) is 4. The zero-order valence-corrected chi connectivity index (χ0v) is 11.2. The van der Waals surface area contributed by atoms with Crippen LogP contribution in [0.25, 0.3) is 10.8 Å². The highest BCUT2D eigenvalue weighted by Gasteiger charge is 2.17. The Morgan fingerprint density at radius 3 is 2.78 bits per heavy atom. The number of esters is 1. The number of rotatable bonds is 2. The Morgan fingerprint density at radius 2 is 2.11 bits per heavy atom. The van der Waals surface area contributed by atoms with E-state index in [-0.39, 0.29) is 5.97 Å². The smallest absolute Gasteiger partial charge is 0.338 e. The number of hydrogen-bond donors (Lipinski definition) is 0. The van der Waals surface area contributed by atoms with Crippen LogP contribution in [0.2, 0.25) is 5.15 Å². The Hall–Kier alpha value is -1.68. The van der Waals surface area contributed by atoms with Gasteiger partial charge in [0, 0.05) is 10.8 Å². The molecule has 0 spiro atoms. The van der Waals surface area contributed by atoms with Crippen LogP contribution in [0, 0.1) is 13.8 Å². The lowest BCUT2D eigenvalue weighted by atomic mass is 9.97. The molecule has 1 aromatic heterocycles. The summed E-state index contributed by atoms with van der Waals surface area (Å²) in [6.07, 6.45) is 1.61. The van der Waals surface area contributed by atoms with Crippen LogP contribution in [0.5, 0.6) is 0 Å². The molecule has 0 fully saturated rings. The van der Waals surface area contributed by atoms with Crippen molar-refractivity contribution in [2.75, 3.05) is 6.61 Å². The Kier molecular flexibility index (Phi) is 3.48. The van der Waals surface area contributed by atoms with Gasteiger partial charge in [-0.2, -0.15) is 5.10 Å². The minimum absolute atomic E-state index is 0.317. The summed E-state index contributed by atoms with van der Waals surface area (Å²) in [7, 11) is 0. The van der Waals surface area contributed by atoms with Crippen LogP contribution in [-0.2, 0) is 4.74 Å². The molecule has 2 rings (SSSR count). The zero-order valence-electron chi connectivity index (χ0n) is 10.5. The van der Waals surface area contributed by atoms with E-state index in [1.165, 1.54) is 0 Å². The normalized spacial score (nSPS) is 10.7. The minimum atomic E-state index is -0.317. The van der Waals surface area contributed by atoms with Crippen LogP contribution in [0.15, 0.2) is 12.3 Å². The number of ether oxygens (including phenoxy) is 1. The van der Waals surface area contributed by atoms with Gasteiger partial charge in [0.2, 0.25) is 0 Å². The molecule has 0 unspecified atom stereocenters. The van der Waals surface area contributed by atoms with E-state index in [9.17, 15) is 4.79 Å². The SMILES string of the molecule is CCOC(=O)c1c(C)cc2c(Cl)nncc2c1C. The predicted molar refractivity (Wildman–Crippen MR) is 70.0 cm³/mol. The van der Waals surface area contributed by atoms with Gasteiger partial charge in [0.1, 0.15) is 0 Å². The van der Waals surface area contributed by atoms with Gasteiger partial charge in [0.05, 0.1) is 18.4 Å². The van der Waals surface area contributed by atoms with Gasteiger partial charge >= 0.3 is 5.97 Å². The van der Waals surface area contributed by atoms with Gasteiger partial charge in [-0.1, -0.05) is 11.6 Å². The van der Waals surface area contributed by atoms with Gasteiger partial charge in [-0.3, -0.25) is 0 Å². The van der Waals surface area contributed by atoms with E-state index < -0.39 is 0 Å². The molecule has 4 nitrogen and oxygen atoms in total. The van der Waals surface area contributed by atoms with Crippen LogP contribution < -0.4 is 0 Å². The predicted octanol–water partition coefficient (Wildman–Crippen LogP) is 3.08. The average molecular weight is 265 g/mol. The fraction of sp³-hybridized carbons (Fsp3) is 0.308. The first-order chi connectivity index (χ1) is 8.56. The van der Waals surface area contributed by atoms with Gasteiger partial charge in [-0.25, -0.2) is 4.79 Å². The summed E-state index contributed by atoms with van der Waals surface area (Å²) in [6, 6.07) is 1.84. The first-order valence-electron chi connectivity index (χ1n) is 5.64. The zero-order chi connectivity index (χ0) is 13.3. The molecule has 0 N–H and O–H groups in total. The first kappa shape index (κ1) is 12.8. The maximum atomic E-state index is 11.9. The topological polar surface area (TPSA) is 52.1 Å². The van der Waals surface area contributed by atoms with Crippen molar-refractivity contribution in [2.45, 2.75) is 20.8 Å². The second-order valence-corrected chi connectivity index (χ2v) is 4.37. The van der Waals surface area contributed by atoms with Gasteiger partial charge in [-0.15, -0.1) is 5.10 Å². The molecule has 0 aliphatic rings. The highest BCUT2D eigenvalue weighted by Crippen LogP contribution is 2.28. The summed E-state index contributed by atoms with van der Waals surface area (Å²) in [5, 5.41) is 9.58. The second kappa shape index (κ2) is 4.90. The lowest BCUT2D eigenvalue weighted by Gasteiger charge is -2.12. The molecule has 0 aliphatic carbocycles. The number of benzene rings is 1. The standard InChI is InChI=1S/C13H13ClN2O2/c1-4-18-13(17)11-7(2)5-9-10(8(11)3)6-15-16-12(9)14/h5-6H,4H2,1-3H3. The Bertz CT molecular complexity index is 626. The molecule has 1 aromatic carbocycles. The second-order valence-electron chi connectivity index (χ2n) is 4.01. The summed E-state index contributed by atoms with van der Waals surface area (Å²) in [5.74, 6) is -0.317. The van der Waals surface area contributed by atoms with Gasteiger partial charge in [0.15, 0.2) is 5.15 Å². The largest absolute Gasteiger partial charge is 0.462 e. The number of nitrogens with zero attached hydrogens (tertiary/aromatic N) is 2. The van der Waals surface area contributed by atoms with E-state index in [0.29, 0.717) is 17.3 Å². The number of aryl methyl sites for hydroxylation is 2. The average Bonchev–Trinajstić information content (AvgIpc) is 2.31. The summed E-state index contributed by atoms with van der Waals surface area (Å²) >= 11 is 6.00. The monoisotopic (exact) mass is 264 g/mol. The van der Waals surface area contributed by atoms with Crippen molar-refractivity contribution in [3.05, 3.63) is 34.1 Å². The molecule has 94 valence electrons. The van der Waals surface area contributed by atoms with Gasteiger partial charge < -0.3 is 4.74 Å². The lowest BCUT2D eigenvalue weighted by molar-refractivity contribution is 0.0525. The van der Waals surface area contributed by atoms with Crippen molar-refractivity contribution >= 4 is 28.3 Å². The highest BCUT2D eigenvalue weighted by molar-refractivity contribution is 6.34. The van der Waals surface area contributed by atoms with E-state index in [1.807, 2.05) is 19.9 Å². The number of carbonyl (C=O) groups is 1. The minimum Gasteiger partial charge on any atom is -0.462 e. The number of halogens is 1. The van der Waals surface area contributed by atoms with E-state index in [0.717, 1.165) is 21.9 Å². The Morgan fingerprint density at radius 1 is 1.39 bits per heavy atom. The molecule has 0 bridgehead atoms. The molecule has 0 radical (unpaired) electrons. The van der Waals surface area contributed by atoms with Crippen molar-refractivity contribution in [1.29, 1.82) is 0 Å². The Labute approximate surface area is 110 Å². The van der Waals surface area contributed by atoms with Crippen molar-refractivity contribution < 1.29 is 9.53 Å². The van der Waals surface area contributed by atoms with E-state index >= 15 is 0 Å². The Balaban J connectivity index is 2.73. The van der Waals surface area contributed by atoms with Crippen LogP contribution in [0.4, 0.5) is 0 Å². The number of aromatic nitrogens is 2. The summed E-state index contributed by atoms with van der Waals surface area (Å²) in [4.78, 5) is 11.9. The first-order valence-corrected chi connectivity index (χ1v) is 6.02. The van der Waals surface area contributed by atoms with Gasteiger partial charge in [0.25, 0.3) is 0 Å². The van der Waals surface area contributed by atoms with E-state index in [1.54, 1.807) is 13.1 Å². The fourth-order valence-electron chi connectivity index (χ4n) is 2.04. The molecule has 0 atom stereocenters. The third-order valence-corrected chi connectivity index (χ3v) is 3.14.